The van der Waals surface area contributed by atoms with Gasteiger partial charge in [0.1, 0.15) is 17.9 Å². The summed E-state index contributed by atoms with van der Waals surface area (Å²) in [6.45, 7) is -0.0618. The number of ether oxygens (including phenoxy) is 2. The monoisotopic (exact) mass is 369 g/mol. The molecule has 132 valence electrons. The van der Waals surface area contributed by atoms with Gasteiger partial charge < -0.3 is 14.5 Å². The van der Waals surface area contributed by atoms with Gasteiger partial charge in [0.25, 0.3) is 0 Å². The fourth-order valence-electron chi connectivity index (χ4n) is 2.29. The summed E-state index contributed by atoms with van der Waals surface area (Å²) in [5, 5.41) is 0.643. The van der Waals surface area contributed by atoms with Crippen LogP contribution < -0.4 is 4.74 Å². The van der Waals surface area contributed by atoms with Crippen molar-refractivity contribution >= 4 is 23.4 Å². The van der Waals surface area contributed by atoms with E-state index in [1.165, 1.54) is 0 Å². The Bertz CT molecular complexity index is 888. The number of H-pyrrole nitrogens is 1. The van der Waals surface area contributed by atoms with Crippen molar-refractivity contribution in [3.63, 3.8) is 0 Å². The molecule has 1 heterocycles. The Morgan fingerprint density at radius 1 is 0.962 bits per heavy atom. The number of esters is 1. The third-order valence-electron chi connectivity index (χ3n) is 3.65. The fourth-order valence-corrected chi connectivity index (χ4v) is 2.42. The van der Waals surface area contributed by atoms with Gasteiger partial charge in [-0.3, -0.25) is 4.79 Å². The van der Waals surface area contributed by atoms with E-state index in [4.69, 9.17) is 21.1 Å². The molecule has 3 aromatic rings. The molecule has 0 saturated carbocycles. The normalized spacial score (nSPS) is 10.3. The van der Waals surface area contributed by atoms with Gasteiger partial charge in [-0.2, -0.15) is 0 Å². The van der Waals surface area contributed by atoms with Crippen LogP contribution in [-0.2, 0) is 11.3 Å². The number of para-hydroxylation sites is 1. The lowest BCUT2D eigenvalue weighted by Crippen LogP contribution is -2.15. The largest absolute Gasteiger partial charge is 0.488 e. The first-order valence-corrected chi connectivity index (χ1v) is 8.31. The van der Waals surface area contributed by atoms with Crippen molar-refractivity contribution in [3.05, 3.63) is 88.7 Å². The smallest absolute Gasteiger partial charge is 0.342 e. The van der Waals surface area contributed by atoms with E-state index in [9.17, 15) is 9.59 Å². The van der Waals surface area contributed by atoms with Crippen LogP contribution in [0.4, 0.5) is 0 Å². The maximum atomic E-state index is 12.3. The molecule has 0 aliphatic carbocycles. The van der Waals surface area contributed by atoms with Gasteiger partial charge in [0.05, 0.1) is 5.69 Å². The second kappa shape index (κ2) is 8.36. The third kappa shape index (κ3) is 4.52. The van der Waals surface area contributed by atoms with E-state index in [0.717, 1.165) is 5.56 Å². The maximum absolute atomic E-state index is 12.3. The minimum atomic E-state index is -0.614. The number of hydrogen-bond donors (Lipinski definition) is 1. The predicted octanol–water partition coefficient (Wildman–Crippen LogP) is 4.29. The molecule has 0 aliphatic heterocycles. The fraction of sp³-hybridized carbons (Fsp3) is 0.100. The Morgan fingerprint density at radius 2 is 1.73 bits per heavy atom. The highest BCUT2D eigenvalue weighted by Crippen LogP contribution is 2.21. The summed E-state index contributed by atoms with van der Waals surface area (Å²) >= 11 is 5.86. The number of aromatic amines is 1. The summed E-state index contributed by atoms with van der Waals surface area (Å²) in [7, 11) is 0. The quantitative estimate of drug-likeness (QED) is 0.498. The molecular weight excluding hydrogens is 354 g/mol. The average molecular weight is 370 g/mol. The molecule has 0 unspecified atom stereocenters. The lowest BCUT2D eigenvalue weighted by atomic mass is 10.2. The number of benzene rings is 2. The van der Waals surface area contributed by atoms with Gasteiger partial charge in [-0.15, -0.1) is 0 Å². The van der Waals surface area contributed by atoms with E-state index in [0.29, 0.717) is 16.5 Å². The molecule has 0 radical (unpaired) electrons. The van der Waals surface area contributed by atoms with Crippen LogP contribution in [-0.4, -0.2) is 23.3 Å². The Hall–Kier alpha value is -3.05. The zero-order chi connectivity index (χ0) is 18.4. The second-order valence-electron chi connectivity index (χ2n) is 5.49. The number of rotatable bonds is 7. The number of ketones is 1. The van der Waals surface area contributed by atoms with Crippen LogP contribution in [0.1, 0.15) is 26.4 Å². The molecule has 2 aromatic carbocycles. The molecular formula is C20H16ClNO4. The predicted molar refractivity (Wildman–Crippen MR) is 97.6 cm³/mol. The summed E-state index contributed by atoms with van der Waals surface area (Å²) in [6, 6.07) is 17.3. The first-order chi connectivity index (χ1) is 12.6. The number of carbonyl (C=O) groups excluding carboxylic acids is 2. The second-order valence-corrected chi connectivity index (χ2v) is 5.93. The van der Waals surface area contributed by atoms with Crippen molar-refractivity contribution in [3.8, 4) is 5.75 Å². The van der Waals surface area contributed by atoms with Crippen LogP contribution in [0.5, 0.6) is 5.75 Å². The van der Waals surface area contributed by atoms with E-state index in [1.807, 2.05) is 12.1 Å². The van der Waals surface area contributed by atoms with E-state index in [2.05, 4.69) is 4.98 Å². The molecule has 1 N–H and O–H groups in total. The molecule has 0 spiro atoms. The average Bonchev–Trinajstić information content (AvgIpc) is 3.20. The van der Waals surface area contributed by atoms with E-state index >= 15 is 0 Å². The summed E-state index contributed by atoms with van der Waals surface area (Å²) in [6.07, 6.45) is 1.63. The SMILES string of the molecule is O=C(COC(=O)c1ccccc1OCc1ccc(Cl)cc1)c1ccc[nH]1. The van der Waals surface area contributed by atoms with Gasteiger partial charge in [0, 0.05) is 11.2 Å². The summed E-state index contributed by atoms with van der Waals surface area (Å²) in [5.74, 6) is -0.528. The molecule has 0 fully saturated rings. The lowest BCUT2D eigenvalue weighted by molar-refractivity contribution is 0.0469. The highest BCUT2D eigenvalue weighted by molar-refractivity contribution is 6.30. The van der Waals surface area contributed by atoms with E-state index in [-0.39, 0.29) is 24.6 Å². The molecule has 3 rings (SSSR count). The van der Waals surface area contributed by atoms with Gasteiger partial charge >= 0.3 is 5.97 Å². The summed E-state index contributed by atoms with van der Waals surface area (Å²) < 4.78 is 10.8. The highest BCUT2D eigenvalue weighted by Gasteiger charge is 2.16. The number of hydrogen-bond acceptors (Lipinski definition) is 4. The van der Waals surface area contributed by atoms with Crippen molar-refractivity contribution in [2.24, 2.45) is 0 Å². The molecule has 0 bridgehead atoms. The van der Waals surface area contributed by atoms with Gasteiger partial charge in [0.15, 0.2) is 6.61 Å². The van der Waals surface area contributed by atoms with Crippen molar-refractivity contribution in [2.75, 3.05) is 6.61 Å². The summed E-state index contributed by atoms with van der Waals surface area (Å²) in [4.78, 5) is 27.0. The van der Waals surface area contributed by atoms with Crippen molar-refractivity contribution in [1.29, 1.82) is 0 Å². The molecule has 1 aromatic heterocycles. The Morgan fingerprint density at radius 3 is 2.46 bits per heavy atom. The molecule has 0 saturated heterocycles. The van der Waals surface area contributed by atoms with E-state index in [1.54, 1.807) is 54.7 Å². The summed E-state index contributed by atoms with van der Waals surface area (Å²) in [5.41, 5.74) is 1.57. The van der Waals surface area contributed by atoms with Crippen LogP contribution in [0.2, 0.25) is 5.02 Å². The van der Waals surface area contributed by atoms with Crippen molar-refractivity contribution in [1.82, 2.24) is 4.98 Å². The van der Waals surface area contributed by atoms with Crippen LogP contribution >= 0.6 is 11.6 Å². The van der Waals surface area contributed by atoms with Crippen LogP contribution in [0.15, 0.2) is 66.9 Å². The highest BCUT2D eigenvalue weighted by atomic mass is 35.5. The first-order valence-electron chi connectivity index (χ1n) is 7.93. The van der Waals surface area contributed by atoms with Gasteiger partial charge in [-0.25, -0.2) is 4.79 Å². The van der Waals surface area contributed by atoms with Crippen LogP contribution in [0.3, 0.4) is 0 Å². The molecule has 6 heteroatoms. The topological polar surface area (TPSA) is 68.4 Å². The Kier molecular flexibility index (Phi) is 5.71. The van der Waals surface area contributed by atoms with Gasteiger partial charge in [-0.1, -0.05) is 35.9 Å². The Balaban J connectivity index is 1.63. The minimum Gasteiger partial charge on any atom is -0.488 e. The number of halogens is 1. The lowest BCUT2D eigenvalue weighted by Gasteiger charge is -2.11. The molecule has 26 heavy (non-hydrogen) atoms. The van der Waals surface area contributed by atoms with Crippen LogP contribution in [0.25, 0.3) is 0 Å². The molecule has 0 atom stereocenters. The zero-order valence-corrected chi connectivity index (χ0v) is 14.5. The first kappa shape index (κ1) is 17.8. The number of carbonyl (C=O) groups is 2. The van der Waals surface area contributed by atoms with Gasteiger partial charge in [-0.05, 0) is 42.0 Å². The number of nitrogens with one attached hydrogen (secondary N) is 1. The third-order valence-corrected chi connectivity index (χ3v) is 3.90. The minimum absolute atomic E-state index is 0.265. The zero-order valence-electron chi connectivity index (χ0n) is 13.8. The molecule has 0 aliphatic rings. The Labute approximate surface area is 155 Å². The molecule has 0 amide bonds. The van der Waals surface area contributed by atoms with Crippen LogP contribution in [0, 0.1) is 0 Å². The maximum Gasteiger partial charge on any atom is 0.342 e. The standard InChI is InChI=1S/C20H16ClNO4/c21-15-9-7-14(8-10-15)12-25-19-6-2-1-4-16(19)20(24)26-13-18(23)17-5-3-11-22-17/h1-11,22H,12-13H2. The number of aromatic nitrogens is 1. The van der Waals surface area contributed by atoms with Gasteiger partial charge in [0.2, 0.25) is 5.78 Å². The number of Topliss-reactive ketones (excluding diaryl/α,β-unsaturated/α-hetero) is 1. The van der Waals surface area contributed by atoms with Crippen molar-refractivity contribution in [2.45, 2.75) is 6.61 Å². The van der Waals surface area contributed by atoms with E-state index < -0.39 is 5.97 Å². The van der Waals surface area contributed by atoms with Crippen molar-refractivity contribution < 1.29 is 19.1 Å². The molecule has 5 nitrogen and oxygen atoms in total.